The van der Waals surface area contributed by atoms with E-state index in [1.54, 1.807) is 6.33 Å². The molecule has 0 amide bonds. The maximum Gasteiger partial charge on any atom is 0.159 e. The molecule has 0 spiro atoms. The zero-order chi connectivity index (χ0) is 18.5. The van der Waals surface area contributed by atoms with Crippen molar-refractivity contribution in [3.8, 4) is 0 Å². The summed E-state index contributed by atoms with van der Waals surface area (Å²) < 4.78 is 1.04. The standard InChI is InChI=1S/C20H26BrN5/c1-19(2)8-15-9-20(3,10-19)11-26(15)18-16(22)17(23-12-24-18)25-14-6-4-13(21)5-7-14/h4-7,12,15H,8-11,22H2,1-3H3,(H,23,24,25). The second-order valence-electron chi connectivity index (χ2n) is 8.93. The molecule has 1 aromatic carbocycles. The number of halogens is 1. The highest BCUT2D eigenvalue weighted by atomic mass is 79.9. The van der Waals surface area contributed by atoms with Crippen LogP contribution >= 0.6 is 15.9 Å². The first-order valence-electron chi connectivity index (χ1n) is 9.14. The van der Waals surface area contributed by atoms with Gasteiger partial charge in [-0.15, -0.1) is 0 Å². The normalized spacial score (nSPS) is 26.8. The summed E-state index contributed by atoms with van der Waals surface area (Å²) in [6, 6.07) is 8.48. The van der Waals surface area contributed by atoms with E-state index in [4.69, 9.17) is 5.73 Å². The molecule has 2 bridgehead atoms. The minimum Gasteiger partial charge on any atom is -0.393 e. The van der Waals surface area contributed by atoms with Gasteiger partial charge in [-0.2, -0.15) is 0 Å². The van der Waals surface area contributed by atoms with Crippen LogP contribution in [0.1, 0.15) is 40.0 Å². The van der Waals surface area contributed by atoms with E-state index in [9.17, 15) is 0 Å². The zero-order valence-corrected chi connectivity index (χ0v) is 17.2. The summed E-state index contributed by atoms with van der Waals surface area (Å²) in [6.07, 6.45) is 5.27. The number of rotatable bonds is 3. The maximum absolute atomic E-state index is 6.50. The molecule has 138 valence electrons. The Hall–Kier alpha value is -1.82. The molecule has 2 atom stereocenters. The smallest absolute Gasteiger partial charge is 0.159 e. The van der Waals surface area contributed by atoms with Crippen molar-refractivity contribution in [3.63, 3.8) is 0 Å². The van der Waals surface area contributed by atoms with Gasteiger partial charge >= 0.3 is 0 Å². The summed E-state index contributed by atoms with van der Waals surface area (Å²) >= 11 is 3.46. The number of benzene rings is 1. The highest BCUT2D eigenvalue weighted by Gasteiger charge is 2.50. The lowest BCUT2D eigenvalue weighted by Crippen LogP contribution is -2.35. The molecule has 1 aliphatic carbocycles. The molecular formula is C20H26BrN5. The first-order chi connectivity index (χ1) is 12.2. The van der Waals surface area contributed by atoms with Crippen molar-refractivity contribution >= 4 is 38.9 Å². The second kappa shape index (κ2) is 6.12. The van der Waals surface area contributed by atoms with Crippen LogP contribution in [0.3, 0.4) is 0 Å². The first-order valence-corrected chi connectivity index (χ1v) is 9.94. The minimum absolute atomic E-state index is 0.336. The Kier molecular flexibility index (Phi) is 4.14. The lowest BCUT2D eigenvalue weighted by Gasteiger charge is -2.39. The molecule has 1 aliphatic heterocycles. The van der Waals surface area contributed by atoms with Gasteiger partial charge in [0, 0.05) is 22.7 Å². The molecule has 1 saturated heterocycles. The van der Waals surface area contributed by atoms with Crippen molar-refractivity contribution < 1.29 is 0 Å². The Bertz CT molecular complexity index is 819. The van der Waals surface area contributed by atoms with Gasteiger partial charge < -0.3 is 16.0 Å². The molecule has 2 aromatic rings. The van der Waals surface area contributed by atoms with E-state index in [-0.39, 0.29) is 0 Å². The van der Waals surface area contributed by atoms with Gasteiger partial charge in [0.25, 0.3) is 0 Å². The summed E-state index contributed by atoms with van der Waals surface area (Å²) in [7, 11) is 0. The number of nitrogens with zero attached hydrogens (tertiary/aromatic N) is 3. The number of hydrogen-bond donors (Lipinski definition) is 2. The van der Waals surface area contributed by atoms with Crippen molar-refractivity contribution in [2.45, 2.75) is 46.1 Å². The van der Waals surface area contributed by atoms with Crippen molar-refractivity contribution in [3.05, 3.63) is 35.1 Å². The quantitative estimate of drug-likeness (QED) is 0.740. The second-order valence-corrected chi connectivity index (χ2v) is 9.85. The fourth-order valence-corrected chi connectivity index (χ4v) is 5.36. The van der Waals surface area contributed by atoms with Gasteiger partial charge in [0.15, 0.2) is 11.6 Å². The third-order valence-electron chi connectivity index (χ3n) is 5.66. The van der Waals surface area contributed by atoms with Crippen LogP contribution in [0, 0.1) is 10.8 Å². The fourth-order valence-electron chi connectivity index (χ4n) is 5.09. The van der Waals surface area contributed by atoms with Gasteiger partial charge in [0.05, 0.1) is 0 Å². The van der Waals surface area contributed by atoms with Crippen LogP contribution in [-0.4, -0.2) is 22.6 Å². The summed E-state index contributed by atoms with van der Waals surface area (Å²) in [6.45, 7) is 8.18. The van der Waals surface area contributed by atoms with E-state index < -0.39 is 0 Å². The van der Waals surface area contributed by atoms with Gasteiger partial charge in [-0.25, -0.2) is 9.97 Å². The lowest BCUT2D eigenvalue weighted by molar-refractivity contribution is 0.136. The van der Waals surface area contributed by atoms with Crippen molar-refractivity contribution in [1.29, 1.82) is 0 Å². The topological polar surface area (TPSA) is 67.1 Å². The molecule has 0 radical (unpaired) electrons. The summed E-state index contributed by atoms with van der Waals surface area (Å²) in [5.74, 6) is 1.54. The number of aromatic nitrogens is 2. The van der Waals surface area contributed by atoms with Crippen molar-refractivity contribution in [2.75, 3.05) is 22.5 Å². The number of hydrogen-bond acceptors (Lipinski definition) is 5. The number of nitrogens with one attached hydrogen (secondary N) is 1. The molecule has 1 aromatic heterocycles. The highest BCUT2D eigenvalue weighted by molar-refractivity contribution is 9.10. The van der Waals surface area contributed by atoms with Crippen LogP contribution in [0.25, 0.3) is 0 Å². The zero-order valence-electron chi connectivity index (χ0n) is 15.6. The van der Waals surface area contributed by atoms with Gasteiger partial charge in [-0.05, 0) is 54.4 Å². The maximum atomic E-state index is 6.50. The van der Waals surface area contributed by atoms with Crippen molar-refractivity contribution in [1.82, 2.24) is 9.97 Å². The largest absolute Gasteiger partial charge is 0.393 e. The molecule has 6 heteroatoms. The summed E-state index contributed by atoms with van der Waals surface area (Å²) in [5, 5.41) is 3.33. The average Bonchev–Trinajstić information content (AvgIpc) is 2.80. The minimum atomic E-state index is 0.336. The molecule has 5 nitrogen and oxygen atoms in total. The fraction of sp³-hybridized carbons (Fsp3) is 0.500. The molecule has 4 rings (SSSR count). The van der Waals surface area contributed by atoms with E-state index in [0.29, 0.717) is 28.4 Å². The lowest BCUT2D eigenvalue weighted by atomic mass is 9.65. The van der Waals surface area contributed by atoms with E-state index in [1.165, 1.54) is 19.3 Å². The Morgan fingerprint density at radius 2 is 1.88 bits per heavy atom. The molecule has 3 N–H and O–H groups in total. The average molecular weight is 416 g/mol. The Morgan fingerprint density at radius 1 is 1.15 bits per heavy atom. The van der Waals surface area contributed by atoms with E-state index >= 15 is 0 Å². The molecular weight excluding hydrogens is 390 g/mol. The number of anilines is 4. The predicted molar refractivity (Wildman–Crippen MR) is 111 cm³/mol. The third kappa shape index (κ3) is 3.27. The van der Waals surface area contributed by atoms with Crippen LogP contribution < -0.4 is 16.0 Å². The molecule has 26 heavy (non-hydrogen) atoms. The Labute approximate surface area is 163 Å². The number of nitrogen functional groups attached to an aromatic ring is 1. The Balaban J connectivity index is 1.63. The van der Waals surface area contributed by atoms with Crippen LogP contribution in [0.15, 0.2) is 35.1 Å². The van der Waals surface area contributed by atoms with E-state index in [2.05, 4.69) is 56.9 Å². The van der Waals surface area contributed by atoms with E-state index in [0.717, 1.165) is 22.5 Å². The number of fused-ring (bicyclic) bond motifs is 2. The van der Waals surface area contributed by atoms with Crippen LogP contribution in [0.4, 0.5) is 23.0 Å². The molecule has 2 aliphatic rings. The summed E-state index contributed by atoms with van der Waals surface area (Å²) in [4.78, 5) is 11.3. The van der Waals surface area contributed by atoms with Gasteiger partial charge in [-0.1, -0.05) is 36.7 Å². The van der Waals surface area contributed by atoms with Gasteiger partial charge in [-0.3, -0.25) is 0 Å². The van der Waals surface area contributed by atoms with Crippen molar-refractivity contribution in [2.24, 2.45) is 10.8 Å². The first kappa shape index (κ1) is 17.6. The molecule has 1 saturated carbocycles. The molecule has 2 heterocycles. The van der Waals surface area contributed by atoms with Crippen LogP contribution in [-0.2, 0) is 0 Å². The number of nitrogens with two attached hydrogens (primary N) is 1. The van der Waals surface area contributed by atoms with Crippen LogP contribution in [0.2, 0.25) is 0 Å². The third-order valence-corrected chi connectivity index (χ3v) is 6.19. The SMILES string of the molecule is CC1(C)CC2CC(C)(CN2c2ncnc(Nc3ccc(Br)cc3)c2N)C1. The van der Waals surface area contributed by atoms with Gasteiger partial charge in [0.1, 0.15) is 12.0 Å². The van der Waals surface area contributed by atoms with Crippen LogP contribution in [0.5, 0.6) is 0 Å². The van der Waals surface area contributed by atoms with E-state index in [1.807, 2.05) is 24.3 Å². The summed E-state index contributed by atoms with van der Waals surface area (Å²) in [5.41, 5.74) is 8.79. The Morgan fingerprint density at radius 3 is 2.62 bits per heavy atom. The molecule has 2 fully saturated rings. The highest BCUT2D eigenvalue weighted by Crippen LogP contribution is 2.54. The predicted octanol–water partition coefficient (Wildman–Crippen LogP) is 4.97. The van der Waals surface area contributed by atoms with Gasteiger partial charge in [0.2, 0.25) is 0 Å². The molecule has 2 unspecified atom stereocenters. The monoisotopic (exact) mass is 415 g/mol.